The molecule has 18 heavy (non-hydrogen) atoms. The van der Waals surface area contributed by atoms with Crippen LogP contribution in [-0.2, 0) is 6.42 Å². The summed E-state index contributed by atoms with van der Waals surface area (Å²) in [5.74, 6) is 0. The quantitative estimate of drug-likeness (QED) is 0.884. The molecule has 1 fully saturated rings. The Labute approximate surface area is 111 Å². The van der Waals surface area contributed by atoms with E-state index in [2.05, 4.69) is 43.0 Å². The minimum absolute atomic E-state index is 0.364. The topological polar surface area (TPSA) is 29.3 Å². The fraction of sp³-hybridized carbons (Fsp3) is 0.625. The molecule has 1 aromatic rings. The fourth-order valence-electron chi connectivity index (χ4n) is 3.00. The molecule has 1 saturated heterocycles. The highest BCUT2D eigenvalue weighted by Gasteiger charge is 2.23. The molecule has 2 nitrogen and oxygen atoms in total. The summed E-state index contributed by atoms with van der Waals surface area (Å²) in [7, 11) is 0. The molecule has 0 radical (unpaired) electrons. The maximum Gasteiger partial charge on any atom is 0.0346 e. The van der Waals surface area contributed by atoms with Crippen molar-refractivity contribution in [1.29, 1.82) is 0 Å². The Morgan fingerprint density at radius 3 is 2.56 bits per heavy atom. The van der Waals surface area contributed by atoms with Gasteiger partial charge in [0.05, 0.1) is 0 Å². The summed E-state index contributed by atoms with van der Waals surface area (Å²) in [5.41, 5.74) is 8.97. The van der Waals surface area contributed by atoms with Gasteiger partial charge < -0.3 is 5.73 Å². The Bertz CT molecular complexity index is 358. The number of hydrogen-bond acceptors (Lipinski definition) is 2. The van der Waals surface area contributed by atoms with Crippen molar-refractivity contribution in [2.45, 2.75) is 51.6 Å². The van der Waals surface area contributed by atoms with Crippen LogP contribution in [0.25, 0.3) is 0 Å². The van der Waals surface area contributed by atoms with E-state index in [9.17, 15) is 0 Å². The summed E-state index contributed by atoms with van der Waals surface area (Å²) in [6.07, 6.45) is 4.70. The Morgan fingerprint density at radius 2 is 2.00 bits per heavy atom. The van der Waals surface area contributed by atoms with E-state index in [1.807, 2.05) is 0 Å². The normalized spacial score (nSPS) is 22.9. The van der Waals surface area contributed by atoms with Crippen molar-refractivity contribution in [1.82, 2.24) is 4.90 Å². The molecule has 0 spiro atoms. The van der Waals surface area contributed by atoms with Crippen molar-refractivity contribution in [3.05, 3.63) is 35.4 Å². The molecule has 0 saturated carbocycles. The van der Waals surface area contributed by atoms with E-state index >= 15 is 0 Å². The van der Waals surface area contributed by atoms with Crippen LogP contribution >= 0.6 is 0 Å². The van der Waals surface area contributed by atoms with Gasteiger partial charge in [0.1, 0.15) is 0 Å². The molecule has 2 atom stereocenters. The first-order valence-corrected chi connectivity index (χ1v) is 7.33. The third-order valence-corrected chi connectivity index (χ3v) is 4.09. The Kier molecular flexibility index (Phi) is 4.79. The van der Waals surface area contributed by atoms with Crippen LogP contribution in [0, 0.1) is 0 Å². The third kappa shape index (κ3) is 3.12. The molecule has 100 valence electrons. The zero-order valence-electron chi connectivity index (χ0n) is 11.7. The molecule has 2 rings (SSSR count). The minimum atomic E-state index is 0.364. The van der Waals surface area contributed by atoms with Crippen molar-refractivity contribution in [2.24, 2.45) is 5.73 Å². The number of aryl methyl sites for hydroxylation is 1. The van der Waals surface area contributed by atoms with Crippen LogP contribution in [-0.4, -0.2) is 24.0 Å². The van der Waals surface area contributed by atoms with E-state index in [4.69, 9.17) is 5.73 Å². The van der Waals surface area contributed by atoms with Crippen molar-refractivity contribution < 1.29 is 0 Å². The van der Waals surface area contributed by atoms with Crippen molar-refractivity contribution >= 4 is 0 Å². The summed E-state index contributed by atoms with van der Waals surface area (Å²) in [6, 6.07) is 10.0. The minimum Gasteiger partial charge on any atom is -0.327 e. The van der Waals surface area contributed by atoms with E-state index in [1.54, 1.807) is 0 Å². The molecule has 2 heteroatoms. The SMILES string of the molecule is CCc1ccc(C(CC)N2CCCC(N)C2)cc1. The van der Waals surface area contributed by atoms with Crippen LogP contribution in [0.2, 0.25) is 0 Å². The van der Waals surface area contributed by atoms with Gasteiger partial charge in [0.25, 0.3) is 0 Å². The van der Waals surface area contributed by atoms with Gasteiger partial charge in [0, 0.05) is 18.6 Å². The van der Waals surface area contributed by atoms with Crippen LogP contribution < -0.4 is 5.73 Å². The second-order valence-corrected chi connectivity index (χ2v) is 5.42. The van der Waals surface area contributed by atoms with E-state index in [0.29, 0.717) is 12.1 Å². The first kappa shape index (κ1) is 13.6. The Morgan fingerprint density at radius 1 is 1.28 bits per heavy atom. The van der Waals surface area contributed by atoms with Crippen LogP contribution in [0.1, 0.15) is 50.3 Å². The molecular weight excluding hydrogens is 220 g/mol. The fourth-order valence-corrected chi connectivity index (χ4v) is 3.00. The lowest BCUT2D eigenvalue weighted by Crippen LogP contribution is -2.44. The zero-order chi connectivity index (χ0) is 13.0. The molecule has 0 aliphatic carbocycles. The zero-order valence-corrected chi connectivity index (χ0v) is 11.7. The molecule has 0 aromatic heterocycles. The third-order valence-electron chi connectivity index (χ3n) is 4.09. The van der Waals surface area contributed by atoms with E-state index in [1.165, 1.54) is 30.5 Å². The van der Waals surface area contributed by atoms with E-state index in [-0.39, 0.29) is 0 Å². The van der Waals surface area contributed by atoms with Gasteiger partial charge in [-0.2, -0.15) is 0 Å². The molecule has 1 aliphatic heterocycles. The lowest BCUT2D eigenvalue weighted by molar-refractivity contribution is 0.145. The molecule has 2 N–H and O–H groups in total. The summed E-state index contributed by atoms with van der Waals surface area (Å²) in [6.45, 7) is 6.73. The first-order valence-electron chi connectivity index (χ1n) is 7.33. The average molecular weight is 246 g/mol. The van der Waals surface area contributed by atoms with Crippen molar-refractivity contribution in [2.75, 3.05) is 13.1 Å². The lowest BCUT2D eigenvalue weighted by atomic mass is 9.97. The number of likely N-dealkylation sites (tertiary alicyclic amines) is 1. The highest BCUT2D eigenvalue weighted by Crippen LogP contribution is 2.27. The van der Waals surface area contributed by atoms with E-state index < -0.39 is 0 Å². The smallest absolute Gasteiger partial charge is 0.0346 e. The van der Waals surface area contributed by atoms with Gasteiger partial charge in [-0.25, -0.2) is 0 Å². The van der Waals surface area contributed by atoms with Gasteiger partial charge in [-0.1, -0.05) is 38.1 Å². The Hall–Kier alpha value is -0.860. The number of rotatable bonds is 4. The predicted molar refractivity (Wildman–Crippen MR) is 77.6 cm³/mol. The van der Waals surface area contributed by atoms with Gasteiger partial charge in [0.15, 0.2) is 0 Å². The lowest BCUT2D eigenvalue weighted by Gasteiger charge is -2.37. The van der Waals surface area contributed by atoms with Crippen LogP contribution in [0.4, 0.5) is 0 Å². The highest BCUT2D eigenvalue weighted by atomic mass is 15.2. The largest absolute Gasteiger partial charge is 0.327 e. The second kappa shape index (κ2) is 6.35. The number of benzene rings is 1. The summed E-state index contributed by atoms with van der Waals surface area (Å²) >= 11 is 0. The predicted octanol–water partition coefficient (Wildman–Crippen LogP) is 3.12. The number of nitrogens with zero attached hydrogens (tertiary/aromatic N) is 1. The van der Waals surface area contributed by atoms with Crippen molar-refractivity contribution in [3.63, 3.8) is 0 Å². The maximum atomic E-state index is 6.10. The van der Waals surface area contributed by atoms with Crippen molar-refractivity contribution in [3.8, 4) is 0 Å². The van der Waals surface area contributed by atoms with Gasteiger partial charge in [0.2, 0.25) is 0 Å². The van der Waals surface area contributed by atoms with Gasteiger partial charge in [-0.05, 0) is 43.4 Å². The molecule has 2 unspecified atom stereocenters. The van der Waals surface area contributed by atoms with E-state index in [0.717, 1.165) is 19.4 Å². The molecule has 0 bridgehead atoms. The number of piperidine rings is 1. The molecule has 1 aromatic carbocycles. The first-order chi connectivity index (χ1) is 8.74. The second-order valence-electron chi connectivity index (χ2n) is 5.42. The molecule has 0 amide bonds. The van der Waals surface area contributed by atoms with Gasteiger partial charge in [-0.3, -0.25) is 4.90 Å². The summed E-state index contributed by atoms with van der Waals surface area (Å²) in [5, 5.41) is 0. The molecular formula is C16H26N2. The van der Waals surface area contributed by atoms with Crippen LogP contribution in [0.3, 0.4) is 0 Å². The van der Waals surface area contributed by atoms with Gasteiger partial charge >= 0.3 is 0 Å². The van der Waals surface area contributed by atoms with Crippen LogP contribution in [0.5, 0.6) is 0 Å². The van der Waals surface area contributed by atoms with Gasteiger partial charge in [-0.15, -0.1) is 0 Å². The number of nitrogens with two attached hydrogens (primary N) is 1. The summed E-state index contributed by atoms with van der Waals surface area (Å²) < 4.78 is 0. The average Bonchev–Trinajstić information content (AvgIpc) is 2.40. The molecule has 1 heterocycles. The maximum absolute atomic E-state index is 6.10. The van der Waals surface area contributed by atoms with Crippen LogP contribution in [0.15, 0.2) is 24.3 Å². The highest BCUT2D eigenvalue weighted by molar-refractivity contribution is 5.25. The monoisotopic (exact) mass is 246 g/mol. The number of hydrogen-bond donors (Lipinski definition) is 1. The Balaban J connectivity index is 2.11. The summed E-state index contributed by atoms with van der Waals surface area (Å²) in [4.78, 5) is 2.56. The molecule has 1 aliphatic rings. The standard InChI is InChI=1S/C16H26N2/c1-3-13-7-9-14(10-8-13)16(4-2)18-11-5-6-15(17)12-18/h7-10,15-16H,3-6,11-12,17H2,1-2H3.